The van der Waals surface area contributed by atoms with Crippen molar-refractivity contribution in [2.24, 2.45) is 0 Å². The first kappa shape index (κ1) is 20.1. The van der Waals surface area contributed by atoms with E-state index >= 15 is 0 Å². The maximum Gasteiger partial charge on any atom is 0.416 e. The van der Waals surface area contributed by atoms with Crippen LogP contribution in [-0.4, -0.2) is 5.01 Å². The van der Waals surface area contributed by atoms with Crippen LogP contribution in [0.2, 0.25) is 0 Å². The number of hydrogen-bond donors (Lipinski definition) is 1. The van der Waals surface area contributed by atoms with E-state index in [1.54, 1.807) is 0 Å². The van der Waals surface area contributed by atoms with Gasteiger partial charge >= 0.3 is 6.18 Å². The van der Waals surface area contributed by atoms with Crippen molar-refractivity contribution in [3.8, 4) is 0 Å². The van der Waals surface area contributed by atoms with Gasteiger partial charge in [0.2, 0.25) is 0 Å². The molecule has 1 N–H and O–H groups in total. The van der Waals surface area contributed by atoms with Gasteiger partial charge in [0, 0.05) is 19.6 Å². The van der Waals surface area contributed by atoms with E-state index in [1.807, 2.05) is 25.1 Å². The van der Waals surface area contributed by atoms with Crippen LogP contribution >= 0.6 is 0 Å². The molecule has 28 heavy (non-hydrogen) atoms. The van der Waals surface area contributed by atoms with Crippen LogP contribution in [0, 0.1) is 6.92 Å². The molecule has 0 saturated carbocycles. The highest BCUT2D eigenvalue weighted by atomic mass is 19.4. The molecule has 0 saturated heterocycles. The summed E-state index contributed by atoms with van der Waals surface area (Å²) in [6.07, 6.45) is -4.31. The lowest BCUT2D eigenvalue weighted by atomic mass is 10.1. The van der Waals surface area contributed by atoms with Crippen molar-refractivity contribution in [3.05, 3.63) is 107 Å². The van der Waals surface area contributed by atoms with Crippen LogP contribution in [0.4, 0.5) is 13.2 Å². The largest absolute Gasteiger partial charge is 0.416 e. The zero-order chi connectivity index (χ0) is 20.0. The zero-order valence-electron chi connectivity index (χ0n) is 15.7. The van der Waals surface area contributed by atoms with Crippen molar-refractivity contribution >= 4 is 0 Å². The monoisotopic (exact) mass is 384 g/mol. The predicted octanol–water partition coefficient (Wildman–Crippen LogP) is 5.72. The van der Waals surface area contributed by atoms with Gasteiger partial charge in [-0.25, -0.2) is 5.01 Å². The van der Waals surface area contributed by atoms with Crippen LogP contribution in [0.3, 0.4) is 0 Å². The highest BCUT2D eigenvalue weighted by Crippen LogP contribution is 2.29. The van der Waals surface area contributed by atoms with Gasteiger partial charge in [0.25, 0.3) is 0 Å². The van der Waals surface area contributed by atoms with Gasteiger partial charge in [0.1, 0.15) is 0 Å². The number of aryl methyl sites for hydroxylation is 1. The molecule has 5 heteroatoms. The number of hydrogen-bond acceptors (Lipinski definition) is 2. The van der Waals surface area contributed by atoms with Gasteiger partial charge in [-0.3, -0.25) is 5.43 Å². The Bertz CT molecular complexity index is 857. The van der Waals surface area contributed by atoms with Crippen molar-refractivity contribution in [2.75, 3.05) is 0 Å². The topological polar surface area (TPSA) is 15.3 Å². The molecule has 146 valence electrons. The molecule has 0 atom stereocenters. The van der Waals surface area contributed by atoms with Crippen molar-refractivity contribution in [1.29, 1.82) is 0 Å². The van der Waals surface area contributed by atoms with Crippen LogP contribution < -0.4 is 5.43 Å². The van der Waals surface area contributed by atoms with Crippen molar-refractivity contribution in [3.63, 3.8) is 0 Å². The minimum absolute atomic E-state index is 0.455. The normalized spacial score (nSPS) is 11.8. The van der Waals surface area contributed by atoms with E-state index in [4.69, 9.17) is 0 Å². The Morgan fingerprint density at radius 2 is 1.25 bits per heavy atom. The van der Waals surface area contributed by atoms with E-state index in [9.17, 15) is 13.2 Å². The average Bonchev–Trinajstić information content (AvgIpc) is 2.68. The van der Waals surface area contributed by atoms with Gasteiger partial charge in [-0.05, 0) is 35.7 Å². The fraction of sp³-hybridized carbons (Fsp3) is 0.217. The third-order valence-corrected chi connectivity index (χ3v) is 4.50. The van der Waals surface area contributed by atoms with Crippen LogP contribution in [0.25, 0.3) is 0 Å². The van der Waals surface area contributed by atoms with Gasteiger partial charge in [-0.15, -0.1) is 0 Å². The number of nitrogens with zero attached hydrogens (tertiary/aromatic N) is 1. The first-order chi connectivity index (χ1) is 13.4. The molecule has 0 heterocycles. The maximum absolute atomic E-state index is 12.7. The summed E-state index contributed by atoms with van der Waals surface area (Å²) < 4.78 is 38.2. The second kappa shape index (κ2) is 9.04. The highest BCUT2D eigenvalue weighted by molar-refractivity contribution is 5.25. The lowest BCUT2D eigenvalue weighted by molar-refractivity contribution is -0.137. The summed E-state index contributed by atoms with van der Waals surface area (Å²) in [7, 11) is 0. The molecule has 3 rings (SSSR count). The molecule has 0 aliphatic heterocycles. The quantitative estimate of drug-likeness (QED) is 0.524. The molecular weight excluding hydrogens is 361 g/mol. The third kappa shape index (κ3) is 5.94. The lowest BCUT2D eigenvalue weighted by Crippen LogP contribution is -2.36. The fourth-order valence-corrected chi connectivity index (χ4v) is 2.90. The van der Waals surface area contributed by atoms with Crippen LogP contribution in [0.1, 0.15) is 27.8 Å². The van der Waals surface area contributed by atoms with E-state index in [0.29, 0.717) is 19.6 Å². The Morgan fingerprint density at radius 3 is 1.82 bits per heavy atom. The smallest absolute Gasteiger partial charge is 0.250 e. The number of halogens is 3. The second-order valence-corrected chi connectivity index (χ2v) is 6.86. The van der Waals surface area contributed by atoms with E-state index in [2.05, 4.69) is 46.8 Å². The number of rotatable bonds is 7. The zero-order valence-corrected chi connectivity index (χ0v) is 15.7. The minimum atomic E-state index is -4.31. The van der Waals surface area contributed by atoms with Gasteiger partial charge in [0.15, 0.2) is 0 Å². The molecule has 0 spiro atoms. The molecule has 0 fully saturated rings. The molecule has 0 amide bonds. The maximum atomic E-state index is 12.7. The van der Waals surface area contributed by atoms with Crippen LogP contribution in [0.5, 0.6) is 0 Å². The highest BCUT2D eigenvalue weighted by Gasteiger charge is 2.29. The molecule has 0 aromatic heterocycles. The predicted molar refractivity (Wildman–Crippen MR) is 105 cm³/mol. The van der Waals surface area contributed by atoms with Crippen molar-refractivity contribution < 1.29 is 13.2 Å². The minimum Gasteiger partial charge on any atom is -0.250 e. The third-order valence-electron chi connectivity index (χ3n) is 4.50. The lowest BCUT2D eigenvalue weighted by Gasteiger charge is -2.24. The summed E-state index contributed by atoms with van der Waals surface area (Å²) in [5.74, 6) is 0. The summed E-state index contributed by atoms with van der Waals surface area (Å²) in [5, 5.41) is 2.08. The van der Waals surface area contributed by atoms with Gasteiger partial charge in [-0.1, -0.05) is 72.3 Å². The first-order valence-corrected chi connectivity index (χ1v) is 9.14. The number of nitrogens with one attached hydrogen (secondary N) is 1. The Labute approximate surface area is 163 Å². The van der Waals surface area contributed by atoms with E-state index in [1.165, 1.54) is 23.3 Å². The second-order valence-electron chi connectivity index (χ2n) is 6.86. The molecule has 0 aliphatic carbocycles. The Hall–Kier alpha value is -2.63. The summed E-state index contributed by atoms with van der Waals surface area (Å²) >= 11 is 0. The number of benzene rings is 3. The molecular formula is C23H23F3N2. The van der Waals surface area contributed by atoms with Gasteiger partial charge in [0.05, 0.1) is 5.56 Å². The summed E-state index contributed by atoms with van der Waals surface area (Å²) in [5.41, 5.74) is 7.07. The molecule has 2 nitrogen and oxygen atoms in total. The first-order valence-electron chi connectivity index (χ1n) is 9.14. The number of alkyl halides is 3. The van der Waals surface area contributed by atoms with E-state index < -0.39 is 11.7 Å². The van der Waals surface area contributed by atoms with Crippen LogP contribution in [0.15, 0.2) is 78.9 Å². The summed E-state index contributed by atoms with van der Waals surface area (Å²) in [6.45, 7) is 3.89. The Morgan fingerprint density at radius 1 is 0.714 bits per heavy atom. The SMILES string of the molecule is Cc1ccc(CN(Cc2ccccc2)NCc2ccc(C(F)(F)F)cc2)cc1. The Balaban J connectivity index is 1.68. The van der Waals surface area contributed by atoms with Gasteiger partial charge < -0.3 is 0 Å². The molecule has 3 aromatic rings. The summed E-state index contributed by atoms with van der Waals surface area (Å²) in [6, 6.07) is 23.7. The average molecular weight is 384 g/mol. The Kier molecular flexibility index (Phi) is 6.49. The van der Waals surface area contributed by atoms with Crippen molar-refractivity contribution in [2.45, 2.75) is 32.7 Å². The van der Waals surface area contributed by atoms with E-state index in [0.717, 1.165) is 23.3 Å². The molecule has 0 unspecified atom stereocenters. The van der Waals surface area contributed by atoms with Crippen molar-refractivity contribution in [1.82, 2.24) is 10.4 Å². The van der Waals surface area contributed by atoms with Crippen LogP contribution in [-0.2, 0) is 25.8 Å². The van der Waals surface area contributed by atoms with E-state index in [-0.39, 0.29) is 0 Å². The molecule has 0 aliphatic rings. The number of hydrazine groups is 1. The fourth-order valence-electron chi connectivity index (χ4n) is 2.90. The summed E-state index contributed by atoms with van der Waals surface area (Å²) in [4.78, 5) is 0. The molecule has 3 aromatic carbocycles. The molecule has 0 bridgehead atoms. The standard InChI is InChI=1S/C23H23F3N2/c1-18-7-9-21(10-8-18)17-28(16-20-5-3-2-4-6-20)27-15-19-11-13-22(14-12-19)23(24,25)26/h2-14,27H,15-17H2,1H3. The van der Waals surface area contributed by atoms with Gasteiger partial charge in [-0.2, -0.15) is 13.2 Å². The molecule has 0 radical (unpaired) electrons.